The maximum atomic E-state index is 10.5. The van der Waals surface area contributed by atoms with Crippen molar-refractivity contribution in [2.75, 3.05) is 12.4 Å². The smallest absolute Gasteiger partial charge is 0.147 e. The van der Waals surface area contributed by atoms with E-state index < -0.39 is 6.23 Å². The van der Waals surface area contributed by atoms with Gasteiger partial charge in [-0.2, -0.15) is 10.4 Å². The Labute approximate surface area is 212 Å². The van der Waals surface area contributed by atoms with Gasteiger partial charge >= 0.3 is 0 Å². The molecule has 3 aromatic carbocycles. The zero-order valence-electron chi connectivity index (χ0n) is 19.1. The molecule has 0 saturated heterocycles. The summed E-state index contributed by atoms with van der Waals surface area (Å²) in [6.45, 7) is 1.15. The molecule has 0 spiro atoms. The summed E-state index contributed by atoms with van der Waals surface area (Å²) in [5, 5.41) is 31.8. The molecule has 1 unspecified atom stereocenters. The van der Waals surface area contributed by atoms with Crippen molar-refractivity contribution in [3.05, 3.63) is 93.5 Å². The molecule has 176 valence electrons. The molecule has 7 nitrogen and oxygen atoms in total. The van der Waals surface area contributed by atoms with Crippen molar-refractivity contribution in [3.8, 4) is 23.1 Å². The van der Waals surface area contributed by atoms with Crippen molar-refractivity contribution in [3.63, 3.8) is 0 Å². The van der Waals surface area contributed by atoms with Crippen molar-refractivity contribution in [2.24, 2.45) is 0 Å². The summed E-state index contributed by atoms with van der Waals surface area (Å²) < 4.78 is 8.24. The molecule has 0 aliphatic carbocycles. The second-order valence-corrected chi connectivity index (χ2v) is 9.22. The summed E-state index contributed by atoms with van der Waals surface area (Å²) in [4.78, 5) is 0. The van der Waals surface area contributed by atoms with E-state index in [1.165, 1.54) is 5.56 Å². The molecule has 2 heterocycles. The molecule has 3 N–H and O–H groups in total. The Morgan fingerprint density at radius 2 is 2.00 bits per heavy atom. The Hall–Kier alpha value is -3.64. The van der Waals surface area contributed by atoms with Crippen molar-refractivity contribution in [1.82, 2.24) is 15.1 Å². The van der Waals surface area contributed by atoms with Crippen molar-refractivity contribution in [2.45, 2.75) is 25.7 Å². The zero-order valence-corrected chi connectivity index (χ0v) is 20.7. The van der Waals surface area contributed by atoms with Crippen LogP contribution in [0.2, 0.25) is 0 Å². The van der Waals surface area contributed by atoms with E-state index in [2.05, 4.69) is 38.7 Å². The Balaban J connectivity index is 1.34. The van der Waals surface area contributed by atoms with Crippen molar-refractivity contribution >= 4 is 27.4 Å². The normalized spacial score (nSPS) is 13.1. The molecule has 0 bridgehead atoms. The summed E-state index contributed by atoms with van der Waals surface area (Å²) >= 11 is 3.53. The van der Waals surface area contributed by atoms with Crippen LogP contribution in [0.1, 0.15) is 28.5 Å². The van der Waals surface area contributed by atoms with Gasteiger partial charge in [0.05, 0.1) is 7.11 Å². The third kappa shape index (κ3) is 4.66. The number of nitriles is 1. The first-order valence-electron chi connectivity index (χ1n) is 11.3. The van der Waals surface area contributed by atoms with Crippen LogP contribution < -0.4 is 15.4 Å². The highest BCUT2D eigenvalue weighted by atomic mass is 79.9. The van der Waals surface area contributed by atoms with Crippen LogP contribution in [-0.4, -0.2) is 22.0 Å². The topological polar surface area (TPSA) is 95.1 Å². The van der Waals surface area contributed by atoms with Crippen molar-refractivity contribution in [1.29, 1.82) is 5.26 Å². The molecule has 0 amide bonds. The Morgan fingerprint density at radius 1 is 1.20 bits per heavy atom. The number of para-hydroxylation sites is 1. The first-order chi connectivity index (χ1) is 17.1. The Morgan fingerprint density at radius 3 is 2.77 bits per heavy atom. The summed E-state index contributed by atoms with van der Waals surface area (Å²) in [7, 11) is 1.59. The standard InChI is InChI=1S/C27H24BrN5O2/c1-35-24-5-3-2-4-21(24)27(34)30-16-17-6-8-18(9-7-17)25-22(15-29)26-31-23-11-10-20(28)14-19(23)12-13-33(26)32-25/h2-11,14,27,30-31,34H,12-13,16H2,1H3. The molecular formula is C27H24BrN5O2. The average molecular weight is 530 g/mol. The maximum Gasteiger partial charge on any atom is 0.147 e. The highest BCUT2D eigenvalue weighted by Gasteiger charge is 2.23. The van der Waals surface area contributed by atoms with Crippen LogP contribution in [-0.2, 0) is 19.5 Å². The minimum absolute atomic E-state index is 0.470. The van der Waals surface area contributed by atoms with Gasteiger partial charge in [0.25, 0.3) is 0 Å². The lowest BCUT2D eigenvalue weighted by atomic mass is 10.1. The number of fused-ring (bicyclic) bond motifs is 2. The average Bonchev–Trinajstić information content (AvgIpc) is 3.14. The number of halogens is 1. The maximum absolute atomic E-state index is 10.5. The zero-order chi connectivity index (χ0) is 24.4. The molecule has 1 aliphatic heterocycles. The van der Waals surface area contributed by atoms with E-state index in [0.717, 1.165) is 27.7 Å². The molecule has 0 radical (unpaired) electrons. The summed E-state index contributed by atoms with van der Waals surface area (Å²) in [5.74, 6) is 1.35. The van der Waals surface area contributed by atoms with Crippen molar-refractivity contribution < 1.29 is 9.84 Å². The molecule has 8 heteroatoms. The SMILES string of the molecule is COc1ccccc1C(O)NCc1ccc(-c2nn3c(c2C#N)Nc2ccc(Br)cc2CC3)cc1. The van der Waals surface area contributed by atoms with Gasteiger partial charge in [0.2, 0.25) is 0 Å². The highest BCUT2D eigenvalue weighted by Crippen LogP contribution is 2.35. The number of aliphatic hydroxyl groups is 1. The first kappa shape index (κ1) is 23.1. The van der Waals surface area contributed by atoms with E-state index in [0.29, 0.717) is 41.5 Å². The number of aromatic nitrogens is 2. The van der Waals surface area contributed by atoms with Crippen LogP contribution in [0.4, 0.5) is 11.5 Å². The molecule has 1 aromatic heterocycles. The lowest BCUT2D eigenvalue weighted by Gasteiger charge is -2.16. The highest BCUT2D eigenvalue weighted by molar-refractivity contribution is 9.10. The molecule has 1 atom stereocenters. The lowest BCUT2D eigenvalue weighted by molar-refractivity contribution is 0.133. The fourth-order valence-electron chi connectivity index (χ4n) is 4.30. The molecule has 0 fully saturated rings. The van der Waals surface area contributed by atoms with Gasteiger partial charge in [-0.15, -0.1) is 0 Å². The van der Waals surface area contributed by atoms with E-state index in [9.17, 15) is 10.4 Å². The fourth-order valence-corrected chi connectivity index (χ4v) is 4.71. The number of hydrogen-bond donors (Lipinski definition) is 3. The Kier molecular flexibility index (Phi) is 6.55. The number of rotatable bonds is 6. The molecule has 4 aromatic rings. The monoisotopic (exact) mass is 529 g/mol. The van der Waals surface area contributed by atoms with Crippen LogP contribution in [0.5, 0.6) is 5.75 Å². The third-order valence-electron chi connectivity index (χ3n) is 6.14. The van der Waals surface area contributed by atoms with Crippen LogP contribution in [0, 0.1) is 11.3 Å². The lowest BCUT2D eigenvalue weighted by Crippen LogP contribution is -2.20. The summed E-state index contributed by atoms with van der Waals surface area (Å²) in [5.41, 5.74) is 5.91. The number of benzene rings is 3. The third-order valence-corrected chi connectivity index (χ3v) is 6.63. The van der Waals surface area contributed by atoms with E-state index in [1.807, 2.05) is 65.3 Å². The number of nitrogens with zero attached hydrogens (tertiary/aromatic N) is 3. The molecule has 5 rings (SSSR count). The van der Waals surface area contributed by atoms with Crippen LogP contribution >= 0.6 is 15.9 Å². The minimum atomic E-state index is -0.852. The van der Waals surface area contributed by atoms with Gasteiger partial charge in [0, 0.05) is 34.4 Å². The van der Waals surface area contributed by atoms with Gasteiger partial charge in [-0.3, -0.25) is 5.32 Å². The van der Waals surface area contributed by atoms with E-state index in [4.69, 9.17) is 9.84 Å². The van der Waals surface area contributed by atoms with Gasteiger partial charge in [0.15, 0.2) is 0 Å². The number of nitrogens with one attached hydrogen (secondary N) is 2. The van der Waals surface area contributed by atoms with Crippen LogP contribution in [0.15, 0.2) is 71.2 Å². The number of hydrogen-bond acceptors (Lipinski definition) is 6. The fraction of sp³-hybridized carbons (Fsp3) is 0.185. The number of aryl methyl sites for hydroxylation is 2. The Bertz CT molecular complexity index is 1410. The van der Waals surface area contributed by atoms with E-state index in [-0.39, 0.29) is 0 Å². The second kappa shape index (κ2) is 9.92. The predicted molar refractivity (Wildman–Crippen MR) is 138 cm³/mol. The van der Waals surface area contributed by atoms with Crippen LogP contribution in [0.25, 0.3) is 11.3 Å². The molecular weight excluding hydrogens is 506 g/mol. The summed E-state index contributed by atoms with van der Waals surface area (Å²) in [6, 6.07) is 23.7. The molecule has 35 heavy (non-hydrogen) atoms. The second-order valence-electron chi connectivity index (χ2n) is 8.31. The van der Waals surface area contributed by atoms with Gasteiger partial charge < -0.3 is 15.2 Å². The summed E-state index contributed by atoms with van der Waals surface area (Å²) in [6.07, 6.45) is -0.0331. The number of methoxy groups -OCH3 is 1. The van der Waals surface area contributed by atoms with Crippen LogP contribution in [0.3, 0.4) is 0 Å². The molecule has 1 aliphatic rings. The van der Waals surface area contributed by atoms with E-state index >= 15 is 0 Å². The minimum Gasteiger partial charge on any atom is -0.496 e. The quantitative estimate of drug-likeness (QED) is 0.294. The van der Waals surface area contributed by atoms with E-state index in [1.54, 1.807) is 7.11 Å². The predicted octanol–water partition coefficient (Wildman–Crippen LogP) is 5.27. The largest absolute Gasteiger partial charge is 0.496 e. The number of anilines is 2. The first-order valence-corrected chi connectivity index (χ1v) is 12.1. The number of ether oxygens (including phenoxy) is 1. The number of aliphatic hydroxyl groups excluding tert-OH is 1. The van der Waals surface area contributed by atoms with Gasteiger partial charge in [0.1, 0.15) is 35.1 Å². The van der Waals surface area contributed by atoms with Gasteiger partial charge in [-0.1, -0.05) is 58.4 Å². The van der Waals surface area contributed by atoms with Gasteiger partial charge in [-0.05, 0) is 41.8 Å². The molecule has 0 saturated carbocycles. The van der Waals surface area contributed by atoms with Gasteiger partial charge in [-0.25, -0.2) is 4.68 Å².